The molecule has 72 valence electrons. The molecule has 0 radical (unpaired) electrons. The first-order valence-corrected chi connectivity index (χ1v) is 4.88. The number of nitrogens with zero attached hydrogens (tertiary/aromatic N) is 2. The predicted octanol–water partition coefficient (Wildman–Crippen LogP) is 2.13. The first-order valence-electron chi connectivity index (χ1n) is 4.47. The van der Waals surface area contributed by atoms with Gasteiger partial charge in [-0.05, 0) is 24.3 Å². The van der Waals surface area contributed by atoms with Crippen molar-refractivity contribution >= 4 is 17.1 Å². The lowest BCUT2D eigenvalue weighted by Gasteiger charge is -2.06. The maximum atomic E-state index is 5.43. The minimum Gasteiger partial charge on any atom is -0.350 e. The summed E-state index contributed by atoms with van der Waals surface area (Å²) in [6.45, 7) is 0. The van der Waals surface area contributed by atoms with Crippen molar-refractivity contribution in [3.05, 3.63) is 48.0 Å². The van der Waals surface area contributed by atoms with Gasteiger partial charge in [0.1, 0.15) is 0 Å². The van der Waals surface area contributed by atoms with Crippen LogP contribution in [0.2, 0.25) is 0 Å². The number of thiocarbonyl (C=S) groups is 1. The molecule has 0 amide bonds. The van der Waals surface area contributed by atoms with Crippen molar-refractivity contribution in [2.45, 2.75) is 0 Å². The summed E-state index contributed by atoms with van der Waals surface area (Å²) in [6, 6.07) is 8.08. The van der Waals surface area contributed by atoms with Gasteiger partial charge in [0, 0.05) is 26.5 Å². The van der Waals surface area contributed by atoms with E-state index in [2.05, 4.69) is 0 Å². The van der Waals surface area contributed by atoms with Gasteiger partial charge in [-0.2, -0.15) is 0 Å². The van der Waals surface area contributed by atoms with Crippen LogP contribution in [0.15, 0.2) is 36.7 Å². The van der Waals surface area contributed by atoms with Gasteiger partial charge < -0.3 is 9.13 Å². The molecule has 0 aliphatic rings. The fraction of sp³-hybridized carbons (Fsp3) is 0.182. The van der Waals surface area contributed by atoms with Gasteiger partial charge in [-0.1, -0.05) is 12.2 Å². The third-order valence-electron chi connectivity index (χ3n) is 2.35. The average Bonchev–Trinajstić information content (AvgIpc) is 2.73. The van der Waals surface area contributed by atoms with Crippen LogP contribution >= 0.6 is 12.2 Å². The Morgan fingerprint density at radius 2 is 1.43 bits per heavy atom. The largest absolute Gasteiger partial charge is 0.350 e. The zero-order valence-electron chi connectivity index (χ0n) is 8.27. The third-order valence-corrected chi connectivity index (χ3v) is 2.77. The van der Waals surface area contributed by atoms with Crippen molar-refractivity contribution in [2.24, 2.45) is 14.1 Å². The van der Waals surface area contributed by atoms with Crippen molar-refractivity contribution < 1.29 is 0 Å². The summed E-state index contributed by atoms with van der Waals surface area (Å²) in [5.41, 5.74) is 2.17. The van der Waals surface area contributed by atoms with Crippen molar-refractivity contribution in [2.75, 3.05) is 0 Å². The maximum Gasteiger partial charge on any atom is 0.0850 e. The van der Waals surface area contributed by atoms with E-state index < -0.39 is 0 Å². The molecular weight excluding hydrogens is 192 g/mol. The third kappa shape index (κ3) is 1.40. The monoisotopic (exact) mass is 204 g/mol. The van der Waals surface area contributed by atoms with Crippen molar-refractivity contribution in [3.63, 3.8) is 0 Å². The number of hydrogen-bond donors (Lipinski definition) is 0. The molecule has 0 aliphatic carbocycles. The Kier molecular flexibility index (Phi) is 2.25. The normalized spacial score (nSPS) is 10.4. The van der Waals surface area contributed by atoms with Gasteiger partial charge in [-0.15, -0.1) is 0 Å². The summed E-state index contributed by atoms with van der Waals surface area (Å²) in [6.07, 6.45) is 4.01. The Hall–Kier alpha value is -1.35. The molecule has 2 nitrogen and oxygen atoms in total. The molecule has 2 heterocycles. The van der Waals surface area contributed by atoms with Crippen molar-refractivity contribution in [3.8, 4) is 0 Å². The van der Waals surface area contributed by atoms with Crippen LogP contribution in [0, 0.1) is 0 Å². The highest BCUT2D eigenvalue weighted by molar-refractivity contribution is 7.81. The van der Waals surface area contributed by atoms with Crippen LogP contribution in [0.3, 0.4) is 0 Å². The number of hydrogen-bond acceptors (Lipinski definition) is 1. The quantitative estimate of drug-likeness (QED) is 0.538. The smallest absolute Gasteiger partial charge is 0.0850 e. The van der Waals surface area contributed by atoms with Gasteiger partial charge in [0.05, 0.1) is 16.3 Å². The lowest BCUT2D eigenvalue weighted by Crippen LogP contribution is -2.09. The second-order valence-corrected chi connectivity index (χ2v) is 3.75. The van der Waals surface area contributed by atoms with Crippen molar-refractivity contribution in [1.82, 2.24) is 9.13 Å². The SMILES string of the molecule is Cn1cccc1C(=S)c1cccn1C. The molecule has 0 aromatic carbocycles. The van der Waals surface area contributed by atoms with Crippen LogP contribution < -0.4 is 0 Å². The molecule has 0 aliphatic heterocycles. The summed E-state index contributed by atoms with van der Waals surface area (Å²) in [4.78, 5) is 0.894. The number of aromatic nitrogens is 2. The first kappa shape index (κ1) is 9.21. The highest BCUT2D eigenvalue weighted by Gasteiger charge is 2.09. The summed E-state index contributed by atoms with van der Waals surface area (Å²) in [5, 5.41) is 0. The molecule has 0 spiro atoms. The predicted molar refractivity (Wildman–Crippen MR) is 61.6 cm³/mol. The standard InChI is InChI=1S/C11H12N2S/c1-12-7-3-5-9(12)11(14)10-6-4-8-13(10)2/h3-8H,1-2H3. The molecule has 3 heteroatoms. The van der Waals surface area contributed by atoms with Crippen LogP contribution in [0.25, 0.3) is 0 Å². The van der Waals surface area contributed by atoms with E-state index >= 15 is 0 Å². The van der Waals surface area contributed by atoms with Gasteiger partial charge in [0.15, 0.2) is 0 Å². The van der Waals surface area contributed by atoms with Crippen LogP contribution in [-0.4, -0.2) is 14.0 Å². The van der Waals surface area contributed by atoms with Crippen LogP contribution in [0.1, 0.15) is 11.4 Å². The van der Waals surface area contributed by atoms with Gasteiger partial charge in [0.2, 0.25) is 0 Å². The maximum absolute atomic E-state index is 5.43. The first-order chi connectivity index (χ1) is 6.70. The summed E-state index contributed by atoms with van der Waals surface area (Å²) in [7, 11) is 4.01. The summed E-state index contributed by atoms with van der Waals surface area (Å²) < 4.78 is 4.07. The topological polar surface area (TPSA) is 9.86 Å². The van der Waals surface area contributed by atoms with E-state index in [1.165, 1.54) is 0 Å². The molecule has 2 aromatic heterocycles. The second-order valence-electron chi connectivity index (χ2n) is 3.34. The molecule has 0 atom stereocenters. The molecule has 2 rings (SSSR count). The fourth-order valence-corrected chi connectivity index (χ4v) is 1.95. The fourth-order valence-electron chi connectivity index (χ4n) is 1.53. The highest BCUT2D eigenvalue weighted by Crippen LogP contribution is 2.11. The van der Waals surface area contributed by atoms with E-state index in [1.54, 1.807) is 0 Å². The lowest BCUT2D eigenvalue weighted by molar-refractivity contribution is 0.898. The molecule has 0 fully saturated rings. The van der Waals surface area contributed by atoms with E-state index in [9.17, 15) is 0 Å². The number of aryl methyl sites for hydroxylation is 2. The van der Waals surface area contributed by atoms with E-state index in [4.69, 9.17) is 12.2 Å². The van der Waals surface area contributed by atoms with Gasteiger partial charge in [0.25, 0.3) is 0 Å². The Morgan fingerprint density at radius 1 is 1.00 bits per heavy atom. The van der Waals surface area contributed by atoms with Crippen molar-refractivity contribution in [1.29, 1.82) is 0 Å². The van der Waals surface area contributed by atoms with E-state index in [-0.39, 0.29) is 0 Å². The van der Waals surface area contributed by atoms with Gasteiger partial charge in [-0.3, -0.25) is 0 Å². The van der Waals surface area contributed by atoms with Crippen LogP contribution in [0.5, 0.6) is 0 Å². The molecule has 0 N–H and O–H groups in total. The average molecular weight is 204 g/mol. The van der Waals surface area contributed by atoms with Gasteiger partial charge in [-0.25, -0.2) is 0 Å². The summed E-state index contributed by atoms with van der Waals surface area (Å²) in [5.74, 6) is 0. The Balaban J connectivity index is 2.44. The Labute approximate surface area is 88.8 Å². The second kappa shape index (κ2) is 3.42. The minimum absolute atomic E-state index is 0.894. The van der Waals surface area contributed by atoms with E-state index in [1.807, 2.05) is 59.9 Å². The number of rotatable bonds is 2. The zero-order valence-corrected chi connectivity index (χ0v) is 9.08. The zero-order chi connectivity index (χ0) is 10.1. The molecular formula is C11H12N2S. The van der Waals surface area contributed by atoms with E-state index in [0.717, 1.165) is 16.3 Å². The molecule has 14 heavy (non-hydrogen) atoms. The lowest BCUT2D eigenvalue weighted by atomic mass is 10.2. The minimum atomic E-state index is 0.894. The molecule has 2 aromatic rings. The molecule has 0 bridgehead atoms. The Bertz CT molecular complexity index is 423. The van der Waals surface area contributed by atoms with Crippen LogP contribution in [-0.2, 0) is 14.1 Å². The molecule has 0 saturated carbocycles. The van der Waals surface area contributed by atoms with Gasteiger partial charge >= 0.3 is 0 Å². The van der Waals surface area contributed by atoms with Crippen LogP contribution in [0.4, 0.5) is 0 Å². The highest BCUT2D eigenvalue weighted by atomic mass is 32.1. The molecule has 0 saturated heterocycles. The molecule has 0 unspecified atom stereocenters. The Morgan fingerprint density at radius 3 is 1.71 bits per heavy atom. The summed E-state index contributed by atoms with van der Waals surface area (Å²) >= 11 is 5.43. The van der Waals surface area contributed by atoms with E-state index in [0.29, 0.717) is 0 Å².